The maximum Gasteiger partial charge on any atom is 0.326 e. The topological polar surface area (TPSA) is 57.5 Å². The molecule has 22 heavy (non-hydrogen) atoms. The Hall–Kier alpha value is -2.56. The second kappa shape index (κ2) is 5.67. The summed E-state index contributed by atoms with van der Waals surface area (Å²) in [5.74, 6) is -2.00. The molecule has 5 heteroatoms. The van der Waals surface area contributed by atoms with E-state index in [0.29, 0.717) is 5.75 Å². The lowest BCUT2D eigenvalue weighted by Crippen LogP contribution is -2.39. The molecule has 1 aliphatic heterocycles. The first-order valence-electron chi connectivity index (χ1n) is 7.22. The Morgan fingerprint density at radius 3 is 2.73 bits per heavy atom. The zero-order chi connectivity index (χ0) is 15.7. The Morgan fingerprint density at radius 1 is 1.27 bits per heavy atom. The molecule has 1 aliphatic rings. The Balaban J connectivity index is 2.15. The van der Waals surface area contributed by atoms with Crippen molar-refractivity contribution in [1.82, 2.24) is 4.57 Å². The molecule has 0 N–H and O–H groups in total. The monoisotopic (exact) mass is 299 g/mol. The van der Waals surface area contributed by atoms with Gasteiger partial charge in [-0.1, -0.05) is 18.2 Å². The van der Waals surface area contributed by atoms with Crippen LogP contribution in [0.5, 0.6) is 5.75 Å². The van der Waals surface area contributed by atoms with Crippen molar-refractivity contribution in [3.63, 3.8) is 0 Å². The van der Waals surface area contributed by atoms with E-state index in [2.05, 4.69) is 0 Å². The van der Waals surface area contributed by atoms with Gasteiger partial charge in [-0.3, -0.25) is 9.59 Å². The molecule has 3 rings (SSSR count). The molecule has 114 valence electrons. The van der Waals surface area contributed by atoms with Crippen LogP contribution >= 0.6 is 0 Å². The van der Waals surface area contributed by atoms with E-state index in [1.807, 2.05) is 42.1 Å². The second-order valence-electron chi connectivity index (χ2n) is 5.21. The van der Waals surface area contributed by atoms with E-state index in [4.69, 9.17) is 9.47 Å². The minimum atomic E-state index is -0.983. The zero-order valence-electron chi connectivity index (χ0n) is 12.5. The molecule has 0 bridgehead atoms. The van der Waals surface area contributed by atoms with Crippen molar-refractivity contribution >= 4 is 11.9 Å². The number of nitrogens with zero attached hydrogens (tertiary/aromatic N) is 1. The SMILES string of the molecule is CCOC(=O)[C@H]1C(=O)Oc2ccccc2[C@@H]1c1cccn1C. The van der Waals surface area contributed by atoms with Crippen LogP contribution in [0.15, 0.2) is 42.6 Å². The van der Waals surface area contributed by atoms with Gasteiger partial charge in [0, 0.05) is 24.5 Å². The highest BCUT2D eigenvalue weighted by Crippen LogP contribution is 2.42. The van der Waals surface area contributed by atoms with E-state index < -0.39 is 23.8 Å². The van der Waals surface area contributed by atoms with Gasteiger partial charge >= 0.3 is 11.9 Å². The number of hydrogen-bond donors (Lipinski definition) is 0. The summed E-state index contributed by atoms with van der Waals surface area (Å²) in [6, 6.07) is 11.1. The summed E-state index contributed by atoms with van der Waals surface area (Å²) in [7, 11) is 1.89. The fraction of sp³-hybridized carbons (Fsp3) is 0.294. The zero-order valence-corrected chi connectivity index (χ0v) is 12.5. The van der Waals surface area contributed by atoms with Crippen molar-refractivity contribution in [2.75, 3.05) is 6.61 Å². The summed E-state index contributed by atoms with van der Waals surface area (Å²) in [4.78, 5) is 24.7. The number of esters is 2. The molecule has 5 nitrogen and oxygen atoms in total. The van der Waals surface area contributed by atoms with Crippen LogP contribution in [-0.2, 0) is 21.4 Å². The molecular weight excluding hydrogens is 282 g/mol. The van der Waals surface area contributed by atoms with E-state index >= 15 is 0 Å². The van der Waals surface area contributed by atoms with Crippen molar-refractivity contribution in [3.8, 4) is 5.75 Å². The number of aryl methyl sites for hydroxylation is 1. The summed E-state index contributed by atoms with van der Waals surface area (Å²) < 4.78 is 12.3. The first-order chi connectivity index (χ1) is 10.6. The molecule has 1 aromatic carbocycles. The number of fused-ring (bicyclic) bond motifs is 1. The van der Waals surface area contributed by atoms with Gasteiger partial charge in [0.15, 0.2) is 5.92 Å². The Labute approximate surface area is 128 Å². The molecule has 0 saturated carbocycles. The number of aromatic nitrogens is 1. The highest BCUT2D eigenvalue weighted by molar-refractivity contribution is 5.99. The van der Waals surface area contributed by atoms with Crippen LogP contribution in [0.2, 0.25) is 0 Å². The molecule has 2 heterocycles. The van der Waals surface area contributed by atoms with Crippen LogP contribution in [0.1, 0.15) is 24.1 Å². The Morgan fingerprint density at radius 2 is 2.05 bits per heavy atom. The predicted octanol–water partition coefficient (Wildman–Crippen LogP) is 2.26. The van der Waals surface area contributed by atoms with Gasteiger partial charge in [-0.05, 0) is 25.1 Å². The van der Waals surface area contributed by atoms with Crippen LogP contribution in [0.3, 0.4) is 0 Å². The number of ether oxygens (including phenoxy) is 2. The maximum atomic E-state index is 12.4. The lowest BCUT2D eigenvalue weighted by molar-refractivity contribution is -0.158. The molecule has 0 radical (unpaired) electrons. The van der Waals surface area contributed by atoms with E-state index in [-0.39, 0.29) is 6.61 Å². The fourth-order valence-electron chi connectivity index (χ4n) is 2.91. The van der Waals surface area contributed by atoms with Crippen molar-refractivity contribution in [1.29, 1.82) is 0 Å². The van der Waals surface area contributed by atoms with Crippen molar-refractivity contribution in [2.24, 2.45) is 13.0 Å². The molecule has 1 aromatic heterocycles. The summed E-state index contributed by atoms with van der Waals surface area (Å²) in [6.07, 6.45) is 1.89. The standard InChI is InChI=1S/C17H17NO4/c1-3-21-16(19)15-14(12-8-6-10-18(12)2)11-7-4-5-9-13(11)22-17(15)20/h4-10,14-15H,3H2,1-2H3/t14-,15+/m1/s1. The number of carbonyl (C=O) groups excluding carboxylic acids is 2. The fourth-order valence-corrected chi connectivity index (χ4v) is 2.91. The summed E-state index contributed by atoms with van der Waals surface area (Å²) in [5.41, 5.74) is 1.70. The molecule has 2 atom stereocenters. The highest BCUT2D eigenvalue weighted by atomic mass is 16.6. The van der Waals surface area contributed by atoms with Crippen LogP contribution in [0.25, 0.3) is 0 Å². The van der Waals surface area contributed by atoms with Crippen LogP contribution < -0.4 is 4.74 Å². The minimum Gasteiger partial charge on any atom is -0.465 e. The van der Waals surface area contributed by atoms with Crippen LogP contribution in [0.4, 0.5) is 0 Å². The number of benzene rings is 1. The van der Waals surface area contributed by atoms with Gasteiger partial charge in [-0.25, -0.2) is 0 Å². The van der Waals surface area contributed by atoms with Crippen molar-refractivity contribution in [3.05, 3.63) is 53.9 Å². The van der Waals surface area contributed by atoms with Gasteiger partial charge in [0.1, 0.15) is 5.75 Å². The first-order valence-corrected chi connectivity index (χ1v) is 7.22. The number of para-hydroxylation sites is 1. The van der Waals surface area contributed by atoms with Crippen molar-refractivity contribution < 1.29 is 19.1 Å². The normalized spacial score (nSPS) is 20.2. The van der Waals surface area contributed by atoms with Gasteiger partial charge in [0.05, 0.1) is 12.5 Å². The second-order valence-corrected chi connectivity index (χ2v) is 5.21. The van der Waals surface area contributed by atoms with Gasteiger partial charge in [0.2, 0.25) is 0 Å². The third-order valence-electron chi connectivity index (χ3n) is 3.89. The van der Waals surface area contributed by atoms with Gasteiger partial charge in [-0.2, -0.15) is 0 Å². The van der Waals surface area contributed by atoms with E-state index in [0.717, 1.165) is 11.3 Å². The van der Waals surface area contributed by atoms with Gasteiger partial charge in [0.25, 0.3) is 0 Å². The maximum absolute atomic E-state index is 12.4. The number of carbonyl (C=O) groups is 2. The summed E-state index contributed by atoms with van der Waals surface area (Å²) in [6.45, 7) is 1.95. The quantitative estimate of drug-likeness (QED) is 0.495. The number of rotatable bonds is 3. The molecule has 2 aromatic rings. The summed E-state index contributed by atoms with van der Waals surface area (Å²) in [5, 5.41) is 0. The van der Waals surface area contributed by atoms with E-state index in [9.17, 15) is 9.59 Å². The average molecular weight is 299 g/mol. The van der Waals surface area contributed by atoms with E-state index in [1.165, 1.54) is 0 Å². The summed E-state index contributed by atoms with van der Waals surface area (Å²) >= 11 is 0. The first kappa shape index (κ1) is 14.4. The van der Waals surface area contributed by atoms with Crippen LogP contribution in [-0.4, -0.2) is 23.1 Å². The lowest BCUT2D eigenvalue weighted by atomic mass is 9.81. The lowest BCUT2D eigenvalue weighted by Gasteiger charge is -2.30. The third kappa shape index (κ3) is 2.28. The smallest absolute Gasteiger partial charge is 0.326 e. The molecule has 0 spiro atoms. The van der Waals surface area contributed by atoms with Gasteiger partial charge < -0.3 is 14.0 Å². The van der Waals surface area contributed by atoms with E-state index in [1.54, 1.807) is 19.1 Å². The molecule has 0 unspecified atom stereocenters. The molecule has 0 aliphatic carbocycles. The number of hydrogen-bond acceptors (Lipinski definition) is 4. The Kier molecular flexibility index (Phi) is 3.71. The molecule has 0 saturated heterocycles. The molecular formula is C17H17NO4. The van der Waals surface area contributed by atoms with Crippen LogP contribution in [0, 0.1) is 5.92 Å². The predicted molar refractivity (Wildman–Crippen MR) is 79.5 cm³/mol. The van der Waals surface area contributed by atoms with Crippen molar-refractivity contribution in [2.45, 2.75) is 12.8 Å². The van der Waals surface area contributed by atoms with Gasteiger partial charge in [-0.15, -0.1) is 0 Å². The average Bonchev–Trinajstić information content (AvgIpc) is 2.91. The highest BCUT2D eigenvalue weighted by Gasteiger charge is 2.45. The molecule has 0 fully saturated rings. The largest absolute Gasteiger partial charge is 0.465 e. The Bertz CT molecular complexity index is 719. The molecule has 0 amide bonds. The third-order valence-corrected chi connectivity index (χ3v) is 3.89. The minimum absolute atomic E-state index is 0.226.